The molecule has 0 saturated carbocycles. The number of hydrogen-bond acceptors (Lipinski definition) is 6. The summed E-state index contributed by atoms with van der Waals surface area (Å²) in [5.74, 6) is 0.114. The lowest BCUT2D eigenvalue weighted by atomic mass is 10.1. The van der Waals surface area contributed by atoms with E-state index in [4.69, 9.17) is 14.2 Å². The number of ether oxygens (including phenoxy) is 3. The summed E-state index contributed by atoms with van der Waals surface area (Å²) in [4.78, 5) is 38.8. The van der Waals surface area contributed by atoms with Crippen LogP contribution in [-0.4, -0.2) is 38.2 Å². The van der Waals surface area contributed by atoms with Crippen LogP contribution >= 0.6 is 31.9 Å². The molecule has 4 amide bonds. The van der Waals surface area contributed by atoms with Gasteiger partial charge in [-0.1, -0.05) is 37.9 Å². The molecule has 3 aromatic rings. The third kappa shape index (κ3) is 5.95. The molecule has 0 radical (unpaired) electrons. The molecule has 1 fully saturated rings. The minimum Gasteiger partial charge on any atom is -0.493 e. The minimum atomic E-state index is -0.809. The van der Waals surface area contributed by atoms with Crippen LogP contribution in [0.2, 0.25) is 0 Å². The third-order valence-corrected chi connectivity index (χ3v) is 6.17. The Morgan fingerprint density at radius 3 is 2.14 bits per heavy atom. The fourth-order valence-corrected chi connectivity index (χ4v) is 3.91. The first-order valence-electron chi connectivity index (χ1n) is 10.7. The zero-order valence-corrected chi connectivity index (χ0v) is 22.2. The zero-order chi connectivity index (χ0) is 25.7. The van der Waals surface area contributed by atoms with E-state index in [9.17, 15) is 14.4 Å². The number of imide groups is 2. The number of amides is 4. The molecule has 3 aromatic carbocycles. The van der Waals surface area contributed by atoms with Gasteiger partial charge in [0.1, 0.15) is 24.5 Å². The lowest BCUT2D eigenvalue weighted by Gasteiger charge is -2.26. The van der Waals surface area contributed by atoms with Gasteiger partial charge in [-0.05, 0) is 72.3 Å². The van der Waals surface area contributed by atoms with E-state index in [1.807, 2.05) is 24.3 Å². The van der Waals surface area contributed by atoms with Gasteiger partial charge in [-0.3, -0.25) is 14.9 Å². The van der Waals surface area contributed by atoms with Crippen molar-refractivity contribution in [1.29, 1.82) is 0 Å². The molecule has 36 heavy (non-hydrogen) atoms. The monoisotopic (exact) mass is 614 g/mol. The van der Waals surface area contributed by atoms with Crippen LogP contribution in [0.25, 0.3) is 6.08 Å². The second kappa shape index (κ2) is 11.4. The zero-order valence-electron chi connectivity index (χ0n) is 19.0. The highest BCUT2D eigenvalue weighted by atomic mass is 79.9. The average Bonchev–Trinajstić information content (AvgIpc) is 2.87. The van der Waals surface area contributed by atoms with Crippen molar-refractivity contribution in [1.82, 2.24) is 5.32 Å². The van der Waals surface area contributed by atoms with Gasteiger partial charge in [-0.2, -0.15) is 0 Å². The first kappa shape index (κ1) is 25.5. The van der Waals surface area contributed by atoms with Crippen molar-refractivity contribution in [2.24, 2.45) is 0 Å². The molecule has 0 spiro atoms. The molecule has 8 nitrogen and oxygen atoms in total. The normalized spacial score (nSPS) is 14.6. The number of nitrogens with zero attached hydrogens (tertiary/aromatic N) is 1. The molecular formula is C26H20Br2N2O6. The fourth-order valence-electron chi connectivity index (χ4n) is 3.38. The predicted octanol–water partition coefficient (Wildman–Crippen LogP) is 5.34. The molecule has 0 bridgehead atoms. The Bertz CT molecular complexity index is 1320. The highest BCUT2D eigenvalue weighted by molar-refractivity contribution is 9.10. The number of carbonyl (C=O) groups is 3. The highest BCUT2D eigenvalue weighted by Gasteiger charge is 2.36. The molecule has 0 aliphatic carbocycles. The van der Waals surface area contributed by atoms with Gasteiger partial charge in [0.2, 0.25) is 0 Å². The Morgan fingerprint density at radius 1 is 0.833 bits per heavy atom. The molecular weight excluding hydrogens is 596 g/mol. The summed E-state index contributed by atoms with van der Waals surface area (Å²) in [7, 11) is 1.49. The van der Waals surface area contributed by atoms with Gasteiger partial charge in [0.05, 0.1) is 12.8 Å². The molecule has 0 atom stereocenters. The van der Waals surface area contributed by atoms with Crippen molar-refractivity contribution in [3.8, 4) is 17.2 Å². The number of methoxy groups -OCH3 is 1. The first-order chi connectivity index (χ1) is 17.4. The maximum absolute atomic E-state index is 13.1. The number of barbiturate groups is 1. The number of urea groups is 1. The van der Waals surface area contributed by atoms with Crippen LogP contribution in [-0.2, 0) is 9.59 Å². The number of hydrogen-bond donors (Lipinski definition) is 1. The smallest absolute Gasteiger partial charge is 0.335 e. The minimum absolute atomic E-state index is 0.184. The lowest BCUT2D eigenvalue weighted by molar-refractivity contribution is -0.122. The van der Waals surface area contributed by atoms with E-state index in [0.29, 0.717) is 29.4 Å². The van der Waals surface area contributed by atoms with E-state index < -0.39 is 17.8 Å². The maximum Gasteiger partial charge on any atom is 0.335 e. The van der Waals surface area contributed by atoms with Crippen molar-refractivity contribution in [3.05, 3.63) is 86.8 Å². The topological polar surface area (TPSA) is 94.2 Å². The van der Waals surface area contributed by atoms with Gasteiger partial charge in [-0.15, -0.1) is 0 Å². The summed E-state index contributed by atoms with van der Waals surface area (Å²) in [6.07, 6.45) is 1.40. The second-order valence-corrected chi connectivity index (χ2v) is 9.33. The van der Waals surface area contributed by atoms with Crippen molar-refractivity contribution in [2.75, 3.05) is 25.2 Å². The molecule has 1 heterocycles. The van der Waals surface area contributed by atoms with Gasteiger partial charge in [-0.25, -0.2) is 9.69 Å². The number of anilines is 1. The Labute approximate surface area is 224 Å². The molecule has 1 aliphatic heterocycles. The van der Waals surface area contributed by atoms with Crippen LogP contribution in [0.15, 0.2) is 81.2 Å². The van der Waals surface area contributed by atoms with E-state index in [2.05, 4.69) is 37.2 Å². The number of nitrogens with one attached hydrogen (secondary N) is 1. The quantitative estimate of drug-likeness (QED) is 0.209. The van der Waals surface area contributed by atoms with Crippen LogP contribution < -0.4 is 24.4 Å². The van der Waals surface area contributed by atoms with Crippen molar-refractivity contribution < 1.29 is 28.6 Å². The van der Waals surface area contributed by atoms with E-state index in [0.717, 1.165) is 19.6 Å². The Kier molecular flexibility index (Phi) is 8.07. The van der Waals surface area contributed by atoms with Gasteiger partial charge in [0.15, 0.2) is 11.5 Å². The molecule has 10 heteroatoms. The number of carbonyl (C=O) groups excluding carboxylic acids is 3. The van der Waals surface area contributed by atoms with E-state index in [-0.39, 0.29) is 12.2 Å². The Hall–Kier alpha value is -3.63. The predicted molar refractivity (Wildman–Crippen MR) is 141 cm³/mol. The molecule has 1 N–H and O–H groups in total. The Balaban J connectivity index is 1.47. The summed E-state index contributed by atoms with van der Waals surface area (Å²) < 4.78 is 18.6. The van der Waals surface area contributed by atoms with Crippen LogP contribution in [0.5, 0.6) is 17.2 Å². The van der Waals surface area contributed by atoms with Crippen LogP contribution in [0.3, 0.4) is 0 Å². The standard InChI is InChI=1S/C26H20Br2N2O6/c1-34-23-15-16(2-11-22(23)36-13-12-35-20-9-5-18(28)6-10-20)14-21-24(31)29-26(33)30(25(21)32)19-7-3-17(27)4-8-19/h2-11,14-15H,12-13H2,1H3,(H,29,31,33). The largest absolute Gasteiger partial charge is 0.493 e. The molecule has 0 aromatic heterocycles. The summed E-state index contributed by atoms with van der Waals surface area (Å²) >= 11 is 6.70. The number of rotatable bonds is 8. The maximum atomic E-state index is 13.1. The summed E-state index contributed by atoms with van der Waals surface area (Å²) in [6.45, 7) is 0.600. The summed E-state index contributed by atoms with van der Waals surface area (Å²) in [5, 5.41) is 2.21. The molecule has 184 valence electrons. The number of benzene rings is 3. The van der Waals surface area contributed by atoms with Gasteiger partial charge in [0, 0.05) is 8.95 Å². The van der Waals surface area contributed by atoms with Crippen LogP contribution in [0.4, 0.5) is 10.5 Å². The summed E-state index contributed by atoms with van der Waals surface area (Å²) in [6, 6.07) is 18.3. The average molecular weight is 616 g/mol. The second-order valence-electron chi connectivity index (χ2n) is 7.50. The fraction of sp³-hybridized carbons (Fsp3) is 0.115. The van der Waals surface area contributed by atoms with Crippen LogP contribution in [0, 0.1) is 0 Å². The SMILES string of the molecule is COc1cc(C=C2C(=O)NC(=O)N(c3ccc(Br)cc3)C2=O)ccc1OCCOc1ccc(Br)cc1. The molecule has 4 rings (SSSR count). The Morgan fingerprint density at radius 2 is 1.47 bits per heavy atom. The van der Waals surface area contributed by atoms with Crippen molar-refractivity contribution in [3.63, 3.8) is 0 Å². The molecule has 1 saturated heterocycles. The summed E-state index contributed by atoms with van der Waals surface area (Å²) in [5.41, 5.74) is 0.677. The van der Waals surface area contributed by atoms with Gasteiger partial charge < -0.3 is 14.2 Å². The van der Waals surface area contributed by atoms with Crippen molar-refractivity contribution in [2.45, 2.75) is 0 Å². The van der Waals surface area contributed by atoms with Gasteiger partial charge in [0.25, 0.3) is 11.8 Å². The van der Waals surface area contributed by atoms with E-state index >= 15 is 0 Å². The van der Waals surface area contributed by atoms with E-state index in [1.165, 1.54) is 13.2 Å². The van der Waals surface area contributed by atoms with Crippen molar-refractivity contribution >= 4 is 61.5 Å². The number of halogens is 2. The third-order valence-electron chi connectivity index (χ3n) is 5.11. The molecule has 1 aliphatic rings. The lowest BCUT2D eigenvalue weighted by Crippen LogP contribution is -2.54. The molecule has 0 unspecified atom stereocenters. The van der Waals surface area contributed by atoms with E-state index in [1.54, 1.807) is 42.5 Å². The van der Waals surface area contributed by atoms with Gasteiger partial charge >= 0.3 is 6.03 Å². The van der Waals surface area contributed by atoms with Crippen LogP contribution in [0.1, 0.15) is 5.56 Å². The first-order valence-corrected chi connectivity index (χ1v) is 12.3. The highest BCUT2D eigenvalue weighted by Crippen LogP contribution is 2.30.